The van der Waals surface area contributed by atoms with E-state index in [2.05, 4.69) is 29.0 Å². The van der Waals surface area contributed by atoms with Crippen molar-refractivity contribution >= 4 is 22.4 Å². The third-order valence-corrected chi connectivity index (χ3v) is 3.51. The van der Waals surface area contributed by atoms with Crippen LogP contribution in [0.4, 0.5) is 5.13 Å². The third-order valence-electron chi connectivity index (χ3n) is 2.45. The van der Waals surface area contributed by atoms with Crippen LogP contribution in [0.15, 0.2) is 6.20 Å². The lowest BCUT2D eigenvalue weighted by atomic mass is 10.5. The molecule has 0 unspecified atom stereocenters. The van der Waals surface area contributed by atoms with Crippen LogP contribution in [-0.2, 0) is 16.1 Å². The van der Waals surface area contributed by atoms with Crippen LogP contribution < -0.4 is 10.2 Å². The average molecular weight is 271 g/mol. The lowest BCUT2D eigenvalue weighted by Crippen LogP contribution is -2.24. The summed E-state index contributed by atoms with van der Waals surface area (Å²) in [4.78, 5) is 18.8. The van der Waals surface area contributed by atoms with Crippen LogP contribution in [0.3, 0.4) is 0 Å². The van der Waals surface area contributed by atoms with Crippen molar-refractivity contribution in [3.63, 3.8) is 0 Å². The van der Waals surface area contributed by atoms with Gasteiger partial charge in [0.15, 0.2) is 5.13 Å². The molecule has 0 amide bonds. The van der Waals surface area contributed by atoms with Gasteiger partial charge in [0.25, 0.3) is 0 Å². The molecule has 0 aliphatic carbocycles. The van der Waals surface area contributed by atoms with Gasteiger partial charge in [0, 0.05) is 30.7 Å². The second kappa shape index (κ2) is 8.05. The zero-order valence-corrected chi connectivity index (χ0v) is 12.0. The second-order valence-corrected chi connectivity index (χ2v) is 4.78. The summed E-state index contributed by atoms with van der Waals surface area (Å²) in [5.74, 6) is -0.217. The van der Waals surface area contributed by atoms with Gasteiger partial charge in [-0.2, -0.15) is 0 Å². The molecule has 1 N–H and O–H groups in total. The van der Waals surface area contributed by atoms with Crippen LogP contribution in [0, 0.1) is 0 Å². The fourth-order valence-corrected chi connectivity index (χ4v) is 2.53. The minimum Gasteiger partial charge on any atom is -0.465 e. The smallest absolute Gasteiger partial charge is 0.319 e. The Hall–Kier alpha value is -1.14. The maximum Gasteiger partial charge on any atom is 0.319 e. The highest BCUT2D eigenvalue weighted by atomic mass is 32.1. The number of hydrogen-bond donors (Lipinski definition) is 1. The van der Waals surface area contributed by atoms with E-state index in [1.54, 1.807) is 18.3 Å². The van der Waals surface area contributed by atoms with Gasteiger partial charge in [0.1, 0.15) is 0 Å². The molecule has 0 radical (unpaired) electrons. The lowest BCUT2D eigenvalue weighted by Gasteiger charge is -2.16. The molecule has 0 spiro atoms. The Morgan fingerprint density at radius 2 is 2.17 bits per heavy atom. The number of thiazole rings is 1. The van der Waals surface area contributed by atoms with Gasteiger partial charge >= 0.3 is 5.97 Å². The van der Waals surface area contributed by atoms with Gasteiger partial charge in [-0.25, -0.2) is 4.98 Å². The molecule has 0 aromatic carbocycles. The van der Waals surface area contributed by atoms with Crippen LogP contribution in [0.2, 0.25) is 0 Å². The second-order valence-electron chi connectivity index (χ2n) is 3.69. The quantitative estimate of drug-likeness (QED) is 0.729. The van der Waals surface area contributed by atoms with Crippen LogP contribution in [-0.4, -0.2) is 37.2 Å². The molecule has 0 fully saturated rings. The summed E-state index contributed by atoms with van der Waals surface area (Å²) in [5, 5.41) is 4.09. The number of carbonyl (C=O) groups excluding carboxylic acids is 1. The first-order valence-electron chi connectivity index (χ1n) is 6.27. The summed E-state index contributed by atoms with van der Waals surface area (Å²) >= 11 is 1.66. The van der Waals surface area contributed by atoms with E-state index in [-0.39, 0.29) is 12.5 Å². The largest absolute Gasteiger partial charge is 0.465 e. The van der Waals surface area contributed by atoms with Gasteiger partial charge in [-0.15, -0.1) is 11.3 Å². The maximum atomic E-state index is 11.1. The molecule has 18 heavy (non-hydrogen) atoms. The van der Waals surface area contributed by atoms with Crippen molar-refractivity contribution in [2.24, 2.45) is 0 Å². The monoisotopic (exact) mass is 271 g/mol. The SMILES string of the molecule is CCOC(=O)CNCc1cnc(N(CC)CC)s1. The number of nitrogens with one attached hydrogen (secondary N) is 1. The number of ether oxygens (including phenoxy) is 1. The summed E-state index contributed by atoms with van der Waals surface area (Å²) in [6, 6.07) is 0. The van der Waals surface area contributed by atoms with Crippen molar-refractivity contribution in [3.05, 3.63) is 11.1 Å². The Balaban J connectivity index is 2.37. The van der Waals surface area contributed by atoms with E-state index in [4.69, 9.17) is 4.74 Å². The molecule has 0 aliphatic heterocycles. The first-order chi connectivity index (χ1) is 8.71. The fourth-order valence-electron chi connectivity index (χ4n) is 1.52. The standard InChI is InChI=1S/C12H21N3O2S/c1-4-15(5-2)12-14-8-10(18-12)7-13-9-11(16)17-6-3/h8,13H,4-7,9H2,1-3H3. The number of nitrogens with zero attached hydrogens (tertiary/aromatic N) is 2. The number of esters is 1. The third kappa shape index (κ3) is 4.62. The normalized spacial score (nSPS) is 10.4. The van der Waals surface area contributed by atoms with Crippen molar-refractivity contribution in [2.75, 3.05) is 31.1 Å². The highest BCUT2D eigenvalue weighted by Crippen LogP contribution is 2.21. The van der Waals surface area contributed by atoms with Gasteiger partial charge in [0.05, 0.1) is 13.2 Å². The van der Waals surface area contributed by atoms with E-state index in [1.807, 2.05) is 6.20 Å². The number of hydrogen-bond acceptors (Lipinski definition) is 6. The van der Waals surface area contributed by atoms with E-state index in [9.17, 15) is 4.79 Å². The van der Waals surface area contributed by atoms with E-state index in [0.717, 1.165) is 23.1 Å². The Kier molecular flexibility index (Phi) is 6.67. The number of rotatable bonds is 8. The molecule has 1 rings (SSSR count). The molecule has 0 saturated carbocycles. The molecular formula is C12H21N3O2S. The average Bonchev–Trinajstić information content (AvgIpc) is 2.80. The molecule has 6 heteroatoms. The van der Waals surface area contributed by atoms with Gasteiger partial charge in [-0.05, 0) is 20.8 Å². The van der Waals surface area contributed by atoms with Crippen molar-refractivity contribution in [2.45, 2.75) is 27.3 Å². The zero-order chi connectivity index (χ0) is 13.4. The number of carbonyl (C=O) groups is 1. The summed E-state index contributed by atoms with van der Waals surface area (Å²) < 4.78 is 4.84. The van der Waals surface area contributed by atoms with Crippen LogP contribution in [0.5, 0.6) is 0 Å². The minimum absolute atomic E-state index is 0.217. The molecule has 102 valence electrons. The van der Waals surface area contributed by atoms with Crippen molar-refractivity contribution in [3.8, 4) is 0 Å². The fraction of sp³-hybridized carbons (Fsp3) is 0.667. The van der Waals surface area contributed by atoms with Crippen LogP contribution in [0.25, 0.3) is 0 Å². The van der Waals surface area contributed by atoms with Crippen LogP contribution >= 0.6 is 11.3 Å². The van der Waals surface area contributed by atoms with E-state index < -0.39 is 0 Å². The first kappa shape index (κ1) is 14.9. The Morgan fingerprint density at radius 3 is 2.78 bits per heavy atom. The molecular weight excluding hydrogens is 250 g/mol. The minimum atomic E-state index is -0.217. The highest BCUT2D eigenvalue weighted by molar-refractivity contribution is 7.15. The van der Waals surface area contributed by atoms with Gasteiger partial charge in [-0.1, -0.05) is 0 Å². The molecule has 5 nitrogen and oxygen atoms in total. The summed E-state index contributed by atoms with van der Waals surface area (Å²) in [7, 11) is 0. The van der Waals surface area contributed by atoms with Crippen molar-refractivity contribution < 1.29 is 9.53 Å². The number of anilines is 1. The predicted octanol–water partition coefficient (Wildman–Crippen LogP) is 1.64. The molecule has 1 aromatic rings. The Labute approximate surface area is 112 Å². The van der Waals surface area contributed by atoms with E-state index in [1.165, 1.54) is 0 Å². The molecule has 0 aliphatic rings. The molecule has 1 heterocycles. The maximum absolute atomic E-state index is 11.1. The molecule has 1 aromatic heterocycles. The Morgan fingerprint density at radius 1 is 1.44 bits per heavy atom. The topological polar surface area (TPSA) is 54.5 Å². The predicted molar refractivity (Wildman–Crippen MR) is 74.0 cm³/mol. The van der Waals surface area contributed by atoms with Crippen molar-refractivity contribution in [1.82, 2.24) is 10.3 Å². The van der Waals surface area contributed by atoms with Crippen molar-refractivity contribution in [1.29, 1.82) is 0 Å². The zero-order valence-electron chi connectivity index (χ0n) is 11.2. The van der Waals surface area contributed by atoms with E-state index >= 15 is 0 Å². The Bertz CT molecular complexity index is 364. The van der Waals surface area contributed by atoms with E-state index in [0.29, 0.717) is 13.2 Å². The molecule has 0 bridgehead atoms. The summed E-state index contributed by atoms with van der Waals surface area (Å²) in [5.41, 5.74) is 0. The highest BCUT2D eigenvalue weighted by Gasteiger charge is 2.08. The van der Waals surface area contributed by atoms with Crippen LogP contribution in [0.1, 0.15) is 25.6 Å². The molecule has 0 atom stereocenters. The first-order valence-corrected chi connectivity index (χ1v) is 7.08. The summed E-state index contributed by atoms with van der Waals surface area (Å²) in [6.45, 7) is 9.27. The van der Waals surface area contributed by atoms with Gasteiger partial charge in [0.2, 0.25) is 0 Å². The van der Waals surface area contributed by atoms with Gasteiger partial charge in [-0.3, -0.25) is 4.79 Å². The lowest BCUT2D eigenvalue weighted by molar-refractivity contribution is -0.142. The number of aromatic nitrogens is 1. The van der Waals surface area contributed by atoms with Gasteiger partial charge < -0.3 is 15.0 Å². The molecule has 0 saturated heterocycles. The summed E-state index contributed by atoms with van der Waals surface area (Å²) in [6.07, 6.45) is 1.86.